The van der Waals surface area contributed by atoms with Crippen LogP contribution in [-0.2, 0) is 9.53 Å². The zero-order valence-corrected chi connectivity index (χ0v) is 8.34. The lowest BCUT2D eigenvalue weighted by Gasteiger charge is -2.37. The maximum absolute atomic E-state index is 11.2. The Kier molecular flexibility index (Phi) is 3.72. The van der Waals surface area contributed by atoms with Crippen molar-refractivity contribution >= 4 is 5.97 Å². The molecule has 0 atom stereocenters. The Morgan fingerprint density at radius 1 is 1.54 bits per heavy atom. The Morgan fingerprint density at radius 3 is 2.69 bits per heavy atom. The lowest BCUT2D eigenvalue weighted by atomic mass is 9.75. The highest BCUT2D eigenvalue weighted by Crippen LogP contribution is 2.32. The van der Waals surface area contributed by atoms with E-state index >= 15 is 0 Å². The molecule has 1 fully saturated rings. The third kappa shape index (κ3) is 3.35. The summed E-state index contributed by atoms with van der Waals surface area (Å²) in [5.41, 5.74) is 5.67. The van der Waals surface area contributed by atoms with Crippen molar-refractivity contribution in [2.45, 2.75) is 51.0 Å². The van der Waals surface area contributed by atoms with Crippen molar-refractivity contribution in [2.75, 3.05) is 6.61 Å². The average molecular weight is 185 g/mol. The zero-order chi connectivity index (χ0) is 9.73. The van der Waals surface area contributed by atoms with Gasteiger partial charge in [-0.05, 0) is 25.7 Å². The molecule has 76 valence electrons. The third-order valence-electron chi connectivity index (χ3n) is 2.61. The summed E-state index contributed by atoms with van der Waals surface area (Å²) in [6.07, 6.45) is 5.49. The summed E-state index contributed by atoms with van der Waals surface area (Å²) in [6.45, 7) is 2.62. The fraction of sp³-hybridized carbons (Fsp3) is 0.900. The molecular weight excluding hydrogens is 166 g/mol. The number of ether oxygens (including phenoxy) is 1. The second-order valence-corrected chi connectivity index (χ2v) is 3.97. The normalized spacial score (nSPS) is 19.2. The van der Waals surface area contributed by atoms with Gasteiger partial charge in [-0.15, -0.1) is 0 Å². The highest BCUT2D eigenvalue weighted by Gasteiger charge is 2.35. The molecule has 0 unspecified atom stereocenters. The number of hydrogen-bond donors (Lipinski definition) is 1. The first kappa shape index (κ1) is 10.5. The van der Waals surface area contributed by atoms with Crippen LogP contribution < -0.4 is 5.73 Å². The molecule has 0 aliphatic heterocycles. The Balaban J connectivity index is 2.10. The van der Waals surface area contributed by atoms with Crippen LogP contribution >= 0.6 is 0 Å². The summed E-state index contributed by atoms with van der Waals surface area (Å²) in [5, 5.41) is 0. The smallest absolute Gasteiger partial charge is 0.307 e. The van der Waals surface area contributed by atoms with Crippen LogP contribution in [-0.4, -0.2) is 18.1 Å². The number of carbonyl (C=O) groups excluding carboxylic acids is 1. The SMILES string of the molecule is CCCCOC(=O)CC1(N)CCC1. The molecule has 0 spiro atoms. The van der Waals surface area contributed by atoms with Crippen LogP contribution in [0.1, 0.15) is 45.4 Å². The van der Waals surface area contributed by atoms with Crippen LogP contribution in [0.4, 0.5) is 0 Å². The summed E-state index contributed by atoms with van der Waals surface area (Å²) in [4.78, 5) is 11.2. The van der Waals surface area contributed by atoms with E-state index in [9.17, 15) is 4.79 Å². The van der Waals surface area contributed by atoms with Crippen LogP contribution in [0.5, 0.6) is 0 Å². The van der Waals surface area contributed by atoms with Gasteiger partial charge in [0.05, 0.1) is 13.0 Å². The number of carbonyl (C=O) groups is 1. The second kappa shape index (κ2) is 4.61. The molecule has 13 heavy (non-hydrogen) atoms. The highest BCUT2D eigenvalue weighted by atomic mass is 16.5. The lowest BCUT2D eigenvalue weighted by Crippen LogP contribution is -2.48. The molecule has 3 heteroatoms. The third-order valence-corrected chi connectivity index (χ3v) is 2.61. The van der Waals surface area contributed by atoms with Crippen molar-refractivity contribution in [3.8, 4) is 0 Å². The molecule has 0 aromatic carbocycles. The number of nitrogens with two attached hydrogens (primary N) is 1. The first-order chi connectivity index (χ1) is 6.16. The summed E-state index contributed by atoms with van der Waals surface area (Å²) in [6, 6.07) is 0. The first-order valence-electron chi connectivity index (χ1n) is 5.11. The first-order valence-corrected chi connectivity index (χ1v) is 5.11. The summed E-state index contributed by atoms with van der Waals surface area (Å²) < 4.78 is 5.04. The second-order valence-electron chi connectivity index (χ2n) is 3.97. The molecule has 1 aliphatic rings. The van der Waals surface area contributed by atoms with Crippen molar-refractivity contribution in [1.82, 2.24) is 0 Å². The molecule has 1 aliphatic carbocycles. The molecular formula is C10H19NO2. The molecule has 2 N–H and O–H groups in total. The molecule has 0 saturated heterocycles. The van der Waals surface area contributed by atoms with E-state index in [2.05, 4.69) is 6.92 Å². The monoisotopic (exact) mass is 185 g/mol. The number of unbranched alkanes of at least 4 members (excludes halogenated alkanes) is 1. The predicted molar refractivity (Wildman–Crippen MR) is 51.3 cm³/mol. The Bertz CT molecular complexity index is 176. The molecule has 0 bridgehead atoms. The van der Waals surface area contributed by atoms with Crippen molar-refractivity contribution in [1.29, 1.82) is 0 Å². The van der Waals surface area contributed by atoms with Gasteiger partial charge < -0.3 is 10.5 Å². The van der Waals surface area contributed by atoms with Gasteiger partial charge in [-0.3, -0.25) is 4.79 Å². The van der Waals surface area contributed by atoms with Gasteiger partial charge in [0.25, 0.3) is 0 Å². The van der Waals surface area contributed by atoms with Crippen LogP contribution in [0, 0.1) is 0 Å². The Morgan fingerprint density at radius 2 is 2.23 bits per heavy atom. The van der Waals surface area contributed by atoms with E-state index < -0.39 is 0 Å². The van der Waals surface area contributed by atoms with Gasteiger partial charge in [0.1, 0.15) is 0 Å². The van der Waals surface area contributed by atoms with E-state index in [1.54, 1.807) is 0 Å². The molecule has 0 heterocycles. The largest absolute Gasteiger partial charge is 0.466 e. The highest BCUT2D eigenvalue weighted by molar-refractivity contribution is 5.71. The zero-order valence-electron chi connectivity index (χ0n) is 8.34. The van der Waals surface area contributed by atoms with Gasteiger partial charge in [0.2, 0.25) is 0 Å². The van der Waals surface area contributed by atoms with E-state index in [1.807, 2.05) is 0 Å². The molecule has 0 radical (unpaired) electrons. The van der Waals surface area contributed by atoms with Crippen molar-refractivity contribution in [2.24, 2.45) is 5.73 Å². The minimum absolute atomic E-state index is 0.129. The van der Waals surface area contributed by atoms with Gasteiger partial charge in [-0.1, -0.05) is 13.3 Å². The molecule has 0 aromatic rings. The van der Waals surface area contributed by atoms with Gasteiger partial charge >= 0.3 is 5.97 Å². The van der Waals surface area contributed by atoms with E-state index in [0.29, 0.717) is 13.0 Å². The topological polar surface area (TPSA) is 52.3 Å². The fourth-order valence-electron chi connectivity index (χ4n) is 1.48. The molecule has 3 nitrogen and oxygen atoms in total. The standard InChI is InChI=1S/C10H19NO2/c1-2-3-7-13-9(12)8-10(11)5-4-6-10/h2-8,11H2,1H3. The Labute approximate surface area is 79.6 Å². The molecule has 1 saturated carbocycles. The van der Waals surface area contributed by atoms with Crippen LogP contribution in [0.15, 0.2) is 0 Å². The number of hydrogen-bond acceptors (Lipinski definition) is 3. The molecule has 0 amide bonds. The van der Waals surface area contributed by atoms with Gasteiger partial charge in [0, 0.05) is 5.54 Å². The minimum Gasteiger partial charge on any atom is -0.466 e. The molecule has 1 rings (SSSR count). The van der Waals surface area contributed by atoms with Crippen molar-refractivity contribution < 1.29 is 9.53 Å². The number of rotatable bonds is 5. The van der Waals surface area contributed by atoms with Crippen molar-refractivity contribution in [3.63, 3.8) is 0 Å². The lowest BCUT2D eigenvalue weighted by molar-refractivity contribution is -0.146. The van der Waals surface area contributed by atoms with E-state index in [-0.39, 0.29) is 11.5 Å². The summed E-state index contributed by atoms with van der Waals surface area (Å²) >= 11 is 0. The maximum atomic E-state index is 11.2. The summed E-state index contributed by atoms with van der Waals surface area (Å²) in [5.74, 6) is -0.129. The van der Waals surface area contributed by atoms with Gasteiger partial charge in [-0.25, -0.2) is 0 Å². The molecule has 0 aromatic heterocycles. The van der Waals surface area contributed by atoms with Gasteiger partial charge in [-0.2, -0.15) is 0 Å². The van der Waals surface area contributed by atoms with Crippen LogP contribution in [0.2, 0.25) is 0 Å². The van der Waals surface area contributed by atoms with Crippen LogP contribution in [0.3, 0.4) is 0 Å². The average Bonchev–Trinajstić information content (AvgIpc) is 2.02. The van der Waals surface area contributed by atoms with Crippen LogP contribution in [0.25, 0.3) is 0 Å². The predicted octanol–water partition coefficient (Wildman–Crippen LogP) is 1.60. The maximum Gasteiger partial charge on any atom is 0.307 e. The quantitative estimate of drug-likeness (QED) is 0.523. The van der Waals surface area contributed by atoms with E-state index in [0.717, 1.165) is 32.1 Å². The minimum atomic E-state index is -0.233. The Hall–Kier alpha value is -0.570. The van der Waals surface area contributed by atoms with Gasteiger partial charge in [0.15, 0.2) is 0 Å². The fourth-order valence-corrected chi connectivity index (χ4v) is 1.48. The summed E-state index contributed by atoms with van der Waals surface area (Å²) in [7, 11) is 0. The van der Waals surface area contributed by atoms with E-state index in [4.69, 9.17) is 10.5 Å². The van der Waals surface area contributed by atoms with E-state index in [1.165, 1.54) is 0 Å². The van der Waals surface area contributed by atoms with Crippen molar-refractivity contribution in [3.05, 3.63) is 0 Å². The number of esters is 1.